The van der Waals surface area contributed by atoms with Crippen LogP contribution in [0.1, 0.15) is 24.4 Å². The highest BCUT2D eigenvalue weighted by molar-refractivity contribution is 7.90. The van der Waals surface area contributed by atoms with Gasteiger partial charge in [-0.2, -0.15) is 0 Å². The second kappa shape index (κ2) is 6.24. The third kappa shape index (κ3) is 4.70. The summed E-state index contributed by atoms with van der Waals surface area (Å²) in [5.74, 6) is -1.69. The lowest BCUT2D eigenvalue weighted by Crippen LogP contribution is -2.18. The zero-order valence-electron chi connectivity index (χ0n) is 10.4. The molecule has 3 nitrogen and oxygen atoms in total. The normalized spacial score (nSPS) is 13.6. The van der Waals surface area contributed by atoms with Gasteiger partial charge in [-0.3, -0.25) is 0 Å². The summed E-state index contributed by atoms with van der Waals surface area (Å²) in [6.07, 6.45) is 2.21. The van der Waals surface area contributed by atoms with Gasteiger partial charge in [0.2, 0.25) is 0 Å². The van der Waals surface area contributed by atoms with Crippen LogP contribution in [-0.2, 0) is 9.84 Å². The van der Waals surface area contributed by atoms with E-state index in [9.17, 15) is 17.2 Å². The van der Waals surface area contributed by atoms with Crippen LogP contribution in [0.15, 0.2) is 18.2 Å². The van der Waals surface area contributed by atoms with Gasteiger partial charge in [0.25, 0.3) is 0 Å². The third-order valence-electron chi connectivity index (χ3n) is 2.70. The number of nitrogens with one attached hydrogen (secondary N) is 1. The molecule has 6 heteroatoms. The van der Waals surface area contributed by atoms with Crippen molar-refractivity contribution in [3.8, 4) is 0 Å². The molecule has 0 amide bonds. The molecule has 0 aliphatic heterocycles. The van der Waals surface area contributed by atoms with Gasteiger partial charge in [0.1, 0.15) is 9.84 Å². The molecule has 1 aromatic carbocycles. The summed E-state index contributed by atoms with van der Waals surface area (Å²) < 4.78 is 47.9. The maximum atomic E-state index is 13.1. The maximum absolute atomic E-state index is 13.1. The predicted octanol–water partition coefficient (Wildman–Crippen LogP) is 2.05. The van der Waals surface area contributed by atoms with E-state index in [1.54, 1.807) is 7.05 Å². The third-order valence-corrected chi connectivity index (χ3v) is 3.73. The van der Waals surface area contributed by atoms with E-state index in [1.165, 1.54) is 12.3 Å². The molecule has 0 spiro atoms. The van der Waals surface area contributed by atoms with E-state index in [-0.39, 0.29) is 11.8 Å². The predicted molar refractivity (Wildman–Crippen MR) is 67.1 cm³/mol. The zero-order valence-corrected chi connectivity index (χ0v) is 11.2. The van der Waals surface area contributed by atoms with Gasteiger partial charge in [0.05, 0.1) is 0 Å². The number of rotatable bonds is 6. The SMILES string of the molecule is CNC(CCCS(C)(=O)=O)c1ccc(F)c(F)c1. The number of benzene rings is 1. The van der Waals surface area contributed by atoms with Gasteiger partial charge in [-0.1, -0.05) is 6.07 Å². The number of sulfone groups is 1. The average Bonchev–Trinajstić information content (AvgIpc) is 2.27. The van der Waals surface area contributed by atoms with E-state index < -0.39 is 21.5 Å². The summed E-state index contributed by atoms with van der Waals surface area (Å²) in [4.78, 5) is 0. The minimum atomic E-state index is -2.99. The minimum absolute atomic E-state index is 0.0921. The van der Waals surface area contributed by atoms with Crippen molar-refractivity contribution in [1.82, 2.24) is 5.32 Å². The first kappa shape index (κ1) is 15.0. The Balaban J connectivity index is 2.68. The first-order chi connectivity index (χ1) is 8.33. The van der Waals surface area contributed by atoms with Crippen LogP contribution >= 0.6 is 0 Å². The Bertz CT molecular complexity index is 503. The molecule has 0 aromatic heterocycles. The van der Waals surface area contributed by atoms with Gasteiger partial charge in [-0.05, 0) is 37.6 Å². The minimum Gasteiger partial charge on any atom is -0.313 e. The topological polar surface area (TPSA) is 46.2 Å². The van der Waals surface area contributed by atoms with Gasteiger partial charge in [-0.25, -0.2) is 17.2 Å². The van der Waals surface area contributed by atoms with Crippen molar-refractivity contribution in [1.29, 1.82) is 0 Å². The molecular weight excluding hydrogens is 260 g/mol. The molecule has 1 unspecified atom stereocenters. The van der Waals surface area contributed by atoms with Gasteiger partial charge >= 0.3 is 0 Å². The molecule has 102 valence electrons. The summed E-state index contributed by atoms with van der Waals surface area (Å²) in [6.45, 7) is 0. The summed E-state index contributed by atoms with van der Waals surface area (Å²) in [5.41, 5.74) is 0.616. The fourth-order valence-corrected chi connectivity index (χ4v) is 2.45. The molecule has 0 saturated heterocycles. The van der Waals surface area contributed by atoms with E-state index in [2.05, 4.69) is 5.32 Å². The summed E-state index contributed by atoms with van der Waals surface area (Å²) in [6, 6.07) is 3.53. The van der Waals surface area contributed by atoms with Crippen molar-refractivity contribution < 1.29 is 17.2 Å². The van der Waals surface area contributed by atoms with Crippen molar-refractivity contribution in [3.05, 3.63) is 35.4 Å². The summed E-state index contributed by atoms with van der Waals surface area (Å²) >= 11 is 0. The molecule has 0 aliphatic rings. The molecule has 18 heavy (non-hydrogen) atoms. The Labute approximate surface area is 106 Å². The van der Waals surface area contributed by atoms with Crippen LogP contribution in [0.4, 0.5) is 8.78 Å². The average molecular weight is 277 g/mol. The smallest absolute Gasteiger partial charge is 0.159 e. The second-order valence-corrected chi connectivity index (χ2v) is 6.55. The van der Waals surface area contributed by atoms with Crippen molar-refractivity contribution in [2.24, 2.45) is 0 Å². The first-order valence-electron chi connectivity index (χ1n) is 5.63. The highest BCUT2D eigenvalue weighted by Gasteiger charge is 2.13. The zero-order chi connectivity index (χ0) is 13.8. The van der Waals surface area contributed by atoms with Gasteiger partial charge in [0, 0.05) is 18.1 Å². The lowest BCUT2D eigenvalue weighted by molar-refractivity contribution is 0.495. The first-order valence-corrected chi connectivity index (χ1v) is 7.69. The summed E-state index contributed by atoms with van der Waals surface area (Å²) in [7, 11) is -1.29. The van der Waals surface area contributed by atoms with Crippen LogP contribution in [0.2, 0.25) is 0 Å². The lowest BCUT2D eigenvalue weighted by atomic mass is 10.0. The lowest BCUT2D eigenvalue weighted by Gasteiger charge is -2.16. The van der Waals surface area contributed by atoms with Crippen molar-refractivity contribution in [3.63, 3.8) is 0 Å². The number of hydrogen-bond acceptors (Lipinski definition) is 3. The van der Waals surface area contributed by atoms with Crippen LogP contribution < -0.4 is 5.32 Å². The Morgan fingerprint density at radius 3 is 2.44 bits per heavy atom. The van der Waals surface area contributed by atoms with Crippen molar-refractivity contribution in [2.45, 2.75) is 18.9 Å². The monoisotopic (exact) mass is 277 g/mol. The standard InChI is InChI=1S/C12H17F2NO2S/c1-15-12(4-3-7-18(2,16)17)9-5-6-10(13)11(14)8-9/h5-6,8,12,15H,3-4,7H2,1-2H3. The Hall–Kier alpha value is -1.01. The second-order valence-electron chi connectivity index (χ2n) is 4.29. The molecule has 1 N–H and O–H groups in total. The van der Waals surface area contributed by atoms with E-state index in [1.807, 2.05) is 0 Å². The summed E-state index contributed by atoms with van der Waals surface area (Å²) in [5, 5.41) is 2.97. The molecule has 1 aromatic rings. The van der Waals surface area contributed by atoms with Crippen LogP contribution in [0.25, 0.3) is 0 Å². The highest BCUT2D eigenvalue weighted by Crippen LogP contribution is 2.20. The molecule has 0 bridgehead atoms. The largest absolute Gasteiger partial charge is 0.313 e. The van der Waals surface area contributed by atoms with Crippen LogP contribution in [0.3, 0.4) is 0 Å². The molecule has 0 saturated carbocycles. The number of halogens is 2. The highest BCUT2D eigenvalue weighted by atomic mass is 32.2. The Morgan fingerprint density at radius 1 is 1.28 bits per heavy atom. The van der Waals surface area contributed by atoms with Crippen LogP contribution in [-0.4, -0.2) is 27.5 Å². The molecule has 0 radical (unpaired) electrons. The Kier molecular flexibility index (Phi) is 5.22. The van der Waals surface area contributed by atoms with Crippen LogP contribution in [0, 0.1) is 11.6 Å². The molecule has 1 atom stereocenters. The van der Waals surface area contributed by atoms with Gasteiger partial charge < -0.3 is 5.32 Å². The quantitative estimate of drug-likeness (QED) is 0.865. The Morgan fingerprint density at radius 2 is 1.94 bits per heavy atom. The van der Waals surface area contributed by atoms with Crippen molar-refractivity contribution in [2.75, 3.05) is 19.1 Å². The van der Waals surface area contributed by atoms with E-state index in [0.717, 1.165) is 12.1 Å². The van der Waals surface area contributed by atoms with Crippen LogP contribution in [0.5, 0.6) is 0 Å². The fraction of sp³-hybridized carbons (Fsp3) is 0.500. The molecule has 1 rings (SSSR count). The van der Waals surface area contributed by atoms with Crippen molar-refractivity contribution >= 4 is 9.84 Å². The number of hydrogen-bond donors (Lipinski definition) is 1. The van der Waals surface area contributed by atoms with Gasteiger partial charge in [0.15, 0.2) is 11.6 Å². The molecule has 0 aliphatic carbocycles. The van der Waals surface area contributed by atoms with E-state index in [0.29, 0.717) is 18.4 Å². The maximum Gasteiger partial charge on any atom is 0.159 e. The fourth-order valence-electron chi connectivity index (χ4n) is 1.76. The molecule has 0 fully saturated rings. The molecular formula is C12H17F2NO2S. The molecule has 0 heterocycles. The van der Waals surface area contributed by atoms with E-state index >= 15 is 0 Å². The van der Waals surface area contributed by atoms with Gasteiger partial charge in [-0.15, -0.1) is 0 Å². The van der Waals surface area contributed by atoms with E-state index in [4.69, 9.17) is 0 Å².